The highest BCUT2D eigenvalue weighted by Gasteiger charge is 2.82. The average Bonchev–Trinajstić information content (AvgIpc) is 2.48. The Balaban J connectivity index is 6.91. The van der Waals surface area contributed by atoms with Gasteiger partial charge in [-0.05, 0) is 11.7 Å². The van der Waals surface area contributed by atoms with Crippen molar-refractivity contribution in [1.82, 2.24) is 0 Å². The molecule has 0 spiro atoms. The number of alkyl halides is 6. The number of sulfone groups is 2. The summed E-state index contributed by atoms with van der Waals surface area (Å²) in [6.45, 7) is 12.3. The minimum Gasteiger partial charge on any atom is -0.271 e. The Morgan fingerprint density at radius 2 is 1.00 bits per heavy atom. The van der Waals surface area contributed by atoms with Crippen LogP contribution in [0.1, 0.15) is 0 Å². The van der Waals surface area contributed by atoms with E-state index in [4.69, 9.17) is 24.0 Å². The van der Waals surface area contributed by atoms with E-state index < -0.39 is 46.2 Å². The summed E-state index contributed by atoms with van der Waals surface area (Å²) in [5.74, 6) is -6.14. The number of nitrogens with one attached hydrogen (secondary N) is 2. The highest BCUT2D eigenvalue weighted by molar-refractivity contribution is 7.97. The van der Waals surface area contributed by atoms with Crippen LogP contribution in [0.15, 0.2) is 10.1 Å². The molecule has 0 saturated heterocycles. The van der Waals surface area contributed by atoms with E-state index >= 15 is 0 Å². The second kappa shape index (κ2) is 6.34. The Morgan fingerprint density at radius 3 is 1.16 bits per heavy atom. The third-order valence-electron chi connectivity index (χ3n) is 2.33. The van der Waals surface area contributed by atoms with Crippen LogP contribution < -0.4 is 0 Å². The van der Waals surface area contributed by atoms with Crippen LogP contribution in [0, 0.1) is 24.0 Å². The zero-order valence-corrected chi connectivity index (χ0v) is 12.7. The van der Waals surface area contributed by atoms with E-state index in [-0.39, 0.29) is 0 Å². The van der Waals surface area contributed by atoms with Gasteiger partial charge in [0.1, 0.15) is 0 Å². The van der Waals surface area contributed by atoms with Gasteiger partial charge in [-0.1, -0.05) is 0 Å². The van der Waals surface area contributed by atoms with Crippen molar-refractivity contribution >= 4 is 31.4 Å². The fourth-order valence-corrected chi connectivity index (χ4v) is 3.05. The van der Waals surface area contributed by atoms with Gasteiger partial charge in [-0.2, -0.15) is 26.3 Å². The van der Waals surface area contributed by atoms with Crippen LogP contribution in [0.25, 0.3) is 9.69 Å². The molecule has 0 atom stereocenters. The molecule has 25 heavy (non-hydrogen) atoms. The third kappa shape index (κ3) is 2.81. The van der Waals surface area contributed by atoms with Crippen molar-refractivity contribution in [3.63, 3.8) is 0 Å². The van der Waals surface area contributed by atoms with Crippen LogP contribution in [0.3, 0.4) is 0 Å². The van der Waals surface area contributed by atoms with E-state index in [0.29, 0.717) is 11.7 Å². The van der Waals surface area contributed by atoms with Gasteiger partial charge in [0, 0.05) is 0 Å². The highest BCUT2D eigenvalue weighted by Crippen LogP contribution is 2.53. The molecule has 2 N–H and O–H groups in total. The Morgan fingerprint density at radius 1 is 0.760 bits per heavy atom. The molecule has 0 radical (unpaired) electrons. The number of hydrogen-bond acceptors (Lipinski definition) is 6. The summed E-state index contributed by atoms with van der Waals surface area (Å²) in [4.78, 5) is 3.49. The molecule has 16 heteroatoms. The minimum atomic E-state index is -7.20. The SMILES string of the molecule is [C-]#[N+]C(=C=N)S(=O)(=O)C(F)(F)C(F)(F)C(F)(F)S(=O)(=O)C(=C=N)[N+]#[C-]. The maximum atomic E-state index is 13.6. The molecule has 8 nitrogen and oxygen atoms in total. The summed E-state index contributed by atoms with van der Waals surface area (Å²) in [7, 11) is -13.9. The smallest absolute Gasteiger partial charge is 0.271 e. The van der Waals surface area contributed by atoms with Gasteiger partial charge in [-0.3, -0.25) is 10.8 Å². The minimum absolute atomic E-state index is 0.526. The summed E-state index contributed by atoms with van der Waals surface area (Å²) in [6.07, 6.45) is 0. The van der Waals surface area contributed by atoms with Gasteiger partial charge in [0.15, 0.2) is 0 Å². The van der Waals surface area contributed by atoms with Crippen LogP contribution in [0.2, 0.25) is 0 Å². The van der Waals surface area contributed by atoms with Gasteiger partial charge in [0.2, 0.25) is 0 Å². The predicted molar refractivity (Wildman–Crippen MR) is 68.4 cm³/mol. The Labute approximate surface area is 135 Å². The van der Waals surface area contributed by atoms with Crippen molar-refractivity contribution in [2.45, 2.75) is 16.4 Å². The molecule has 0 amide bonds. The molecular weight excluding hydrogens is 406 g/mol. The van der Waals surface area contributed by atoms with Crippen molar-refractivity contribution in [1.29, 1.82) is 10.8 Å². The first-order valence-electron chi connectivity index (χ1n) is 5.01. The lowest BCUT2D eigenvalue weighted by atomic mass is 10.3. The van der Waals surface area contributed by atoms with Gasteiger partial charge >= 0.3 is 26.5 Å². The van der Waals surface area contributed by atoms with Crippen LogP contribution in [-0.4, -0.2) is 45.0 Å². The zero-order chi connectivity index (χ0) is 20.5. The summed E-state index contributed by atoms with van der Waals surface area (Å²) >= 11 is 0. The standard InChI is InChI=1S/C9H2F6N4O4S2/c1-18-5(3-16)24(20,21)8(12,13)7(10,11)9(14,15)25(22,23)6(4-17)19-2/h16-17H. The zero-order valence-electron chi connectivity index (χ0n) is 11.1. The molecule has 136 valence electrons. The predicted octanol–water partition coefficient (Wildman–Crippen LogP) is 1.66. The monoisotopic (exact) mass is 408 g/mol. The van der Waals surface area contributed by atoms with E-state index in [0.717, 1.165) is 0 Å². The van der Waals surface area contributed by atoms with E-state index in [1.54, 1.807) is 9.69 Å². The lowest BCUT2D eigenvalue weighted by molar-refractivity contribution is -0.243. The molecule has 0 aliphatic carbocycles. The number of halogens is 6. The van der Waals surface area contributed by atoms with Crippen LogP contribution in [0.4, 0.5) is 26.3 Å². The van der Waals surface area contributed by atoms with Crippen molar-refractivity contribution in [2.24, 2.45) is 0 Å². The second-order valence-corrected chi connectivity index (χ2v) is 7.51. The fraction of sp³-hybridized carbons (Fsp3) is 0.333. The number of nitrogens with zero attached hydrogens (tertiary/aromatic N) is 2. The molecule has 0 heterocycles. The van der Waals surface area contributed by atoms with Crippen molar-refractivity contribution in [3.8, 4) is 0 Å². The number of rotatable bonds is 6. The maximum absolute atomic E-state index is 13.6. The van der Waals surface area contributed by atoms with E-state index in [2.05, 4.69) is 0 Å². The fourth-order valence-electron chi connectivity index (χ4n) is 1.06. The summed E-state index contributed by atoms with van der Waals surface area (Å²) in [5, 5.41) is -6.23. The first-order chi connectivity index (χ1) is 11.0. The first-order valence-corrected chi connectivity index (χ1v) is 7.98. The van der Waals surface area contributed by atoms with E-state index in [1.807, 2.05) is 0 Å². The first kappa shape index (κ1) is 22.4. The highest BCUT2D eigenvalue weighted by atomic mass is 32.2. The molecular formula is C9H2F6N4O4S2. The molecule has 0 rings (SSSR count). The van der Waals surface area contributed by atoms with Crippen LogP contribution in [-0.2, 0) is 19.7 Å². The molecule has 0 aromatic rings. The van der Waals surface area contributed by atoms with Gasteiger partial charge in [0.25, 0.3) is 19.7 Å². The van der Waals surface area contributed by atoms with Crippen molar-refractivity contribution < 1.29 is 43.2 Å². The Hall–Kier alpha value is -2.64. The average molecular weight is 408 g/mol. The van der Waals surface area contributed by atoms with Gasteiger partial charge in [-0.25, -0.2) is 26.5 Å². The molecule has 0 aliphatic heterocycles. The van der Waals surface area contributed by atoms with Gasteiger partial charge < -0.3 is 0 Å². The molecule has 0 aliphatic rings. The lowest BCUT2D eigenvalue weighted by Crippen LogP contribution is -2.60. The Bertz CT molecular complexity index is 910. The van der Waals surface area contributed by atoms with Gasteiger partial charge in [0.05, 0.1) is 13.1 Å². The Kier molecular flexibility index (Phi) is 5.67. The molecule has 0 unspecified atom stereocenters. The second-order valence-electron chi connectivity index (χ2n) is 3.70. The quantitative estimate of drug-likeness (QED) is 0.394. The summed E-state index contributed by atoms with van der Waals surface area (Å²) < 4.78 is 126. The van der Waals surface area contributed by atoms with Crippen molar-refractivity contribution in [3.05, 3.63) is 32.9 Å². The third-order valence-corrected chi connectivity index (χ3v) is 5.60. The molecule has 0 aromatic carbocycles. The molecule has 0 saturated carbocycles. The van der Waals surface area contributed by atoms with Crippen LogP contribution >= 0.6 is 0 Å². The number of hydrogen-bond donors (Lipinski definition) is 2. The van der Waals surface area contributed by atoms with Crippen LogP contribution in [0.5, 0.6) is 0 Å². The summed E-state index contributed by atoms with van der Waals surface area (Å²) in [6, 6.07) is 0. The molecule has 0 aromatic heterocycles. The topological polar surface area (TPSA) is 125 Å². The normalized spacial score (nSPS) is 13.0. The summed E-state index contributed by atoms with van der Waals surface area (Å²) in [5.41, 5.74) is 0. The molecule has 0 bridgehead atoms. The molecule has 0 fully saturated rings. The van der Waals surface area contributed by atoms with Crippen molar-refractivity contribution in [2.75, 3.05) is 0 Å². The van der Waals surface area contributed by atoms with E-state index in [9.17, 15) is 43.2 Å². The van der Waals surface area contributed by atoms with Gasteiger partial charge in [-0.15, -0.1) is 0 Å². The maximum Gasteiger partial charge on any atom is 0.411 e. The largest absolute Gasteiger partial charge is 0.411 e. The van der Waals surface area contributed by atoms with E-state index in [1.165, 1.54) is 0 Å². The lowest BCUT2D eigenvalue weighted by Gasteiger charge is -2.30.